The molecule has 3 aromatic heterocycles. The Morgan fingerprint density at radius 2 is 1.08 bits per heavy atom. The van der Waals surface area contributed by atoms with Crippen LogP contribution in [0.2, 0.25) is 0 Å². The minimum Gasteiger partial charge on any atom is -0.254 e. The monoisotopic (exact) mass is 457 g/mol. The highest BCUT2D eigenvalue weighted by Crippen LogP contribution is 2.39. The average Bonchev–Trinajstić information content (AvgIpc) is 2.95. The summed E-state index contributed by atoms with van der Waals surface area (Å²) in [4.78, 5) is 15.0. The quantitative estimate of drug-likeness (QED) is 0.183. The second-order valence-corrected chi connectivity index (χ2v) is 9.27. The van der Waals surface area contributed by atoms with Crippen molar-refractivity contribution in [2.75, 3.05) is 0 Å². The van der Waals surface area contributed by atoms with Crippen LogP contribution in [0.3, 0.4) is 0 Å². The average molecular weight is 458 g/mol. The number of rotatable bonds is 1. The molecule has 0 N–H and O–H groups in total. The van der Waals surface area contributed by atoms with Crippen molar-refractivity contribution in [2.24, 2.45) is 0 Å². The van der Waals surface area contributed by atoms with Gasteiger partial charge in [0, 0.05) is 33.3 Å². The molecule has 0 radical (unpaired) electrons. The lowest BCUT2D eigenvalue weighted by molar-refractivity contribution is 1.34. The van der Waals surface area contributed by atoms with Gasteiger partial charge in [-0.05, 0) is 45.1 Å². The SMILES string of the molecule is c1ccc2c(c1)cc(-c1nc3nc4c(ccc5cccnc54)cc3c3ccccc13)c1ccccc12. The lowest BCUT2D eigenvalue weighted by atomic mass is 9.93. The molecule has 0 fully saturated rings. The molecule has 0 aliphatic heterocycles. The third-order valence-electron chi connectivity index (χ3n) is 7.25. The summed E-state index contributed by atoms with van der Waals surface area (Å²) >= 11 is 0. The summed E-state index contributed by atoms with van der Waals surface area (Å²) in [6, 6.07) is 38.5. The predicted octanol–water partition coefficient (Wildman–Crippen LogP) is 8.46. The Labute approximate surface area is 206 Å². The lowest BCUT2D eigenvalue weighted by Crippen LogP contribution is -1.95. The van der Waals surface area contributed by atoms with E-state index in [1.165, 1.54) is 21.5 Å². The highest BCUT2D eigenvalue weighted by Gasteiger charge is 2.16. The highest BCUT2D eigenvalue weighted by molar-refractivity contribution is 6.19. The second kappa shape index (κ2) is 7.30. The molecule has 3 heterocycles. The molecule has 0 saturated carbocycles. The second-order valence-electron chi connectivity index (χ2n) is 9.27. The normalized spacial score (nSPS) is 11.9. The smallest absolute Gasteiger partial charge is 0.161 e. The minimum atomic E-state index is 0.742. The summed E-state index contributed by atoms with van der Waals surface area (Å²) in [7, 11) is 0. The standard InChI is InChI=1S/C33H19N3/c1-2-10-23-21(8-1)18-28(25-12-4-3-11-24(23)25)32-27-14-6-5-13-26(27)29-19-22-16-15-20-9-7-17-34-30(20)31(22)35-33(29)36-32/h1-19H. The number of nitrogens with zero attached hydrogens (tertiary/aromatic N) is 3. The van der Waals surface area contributed by atoms with E-state index in [0.29, 0.717) is 0 Å². The number of hydrogen-bond donors (Lipinski definition) is 0. The van der Waals surface area contributed by atoms with Gasteiger partial charge in [-0.15, -0.1) is 0 Å². The molecule has 0 bridgehead atoms. The first-order valence-corrected chi connectivity index (χ1v) is 12.1. The van der Waals surface area contributed by atoms with Crippen LogP contribution in [0.1, 0.15) is 0 Å². The Kier molecular flexibility index (Phi) is 3.94. The molecule has 0 aliphatic rings. The van der Waals surface area contributed by atoms with E-state index in [2.05, 4.69) is 108 Å². The fourth-order valence-electron chi connectivity index (χ4n) is 5.59. The summed E-state index contributed by atoms with van der Waals surface area (Å²) in [6.45, 7) is 0. The summed E-state index contributed by atoms with van der Waals surface area (Å²) in [6.07, 6.45) is 1.83. The van der Waals surface area contributed by atoms with Gasteiger partial charge in [0.2, 0.25) is 0 Å². The zero-order valence-corrected chi connectivity index (χ0v) is 19.3. The van der Waals surface area contributed by atoms with Crippen molar-refractivity contribution in [1.82, 2.24) is 15.0 Å². The molecule has 166 valence electrons. The molecule has 8 aromatic rings. The van der Waals surface area contributed by atoms with Gasteiger partial charge in [-0.25, -0.2) is 9.97 Å². The van der Waals surface area contributed by atoms with Gasteiger partial charge in [0.1, 0.15) is 0 Å². The topological polar surface area (TPSA) is 38.7 Å². The first kappa shape index (κ1) is 19.4. The molecule has 0 spiro atoms. The Hall–Kier alpha value is -4.89. The largest absolute Gasteiger partial charge is 0.254 e. The van der Waals surface area contributed by atoms with Crippen LogP contribution in [0.15, 0.2) is 115 Å². The van der Waals surface area contributed by atoms with Crippen molar-refractivity contribution < 1.29 is 0 Å². The Morgan fingerprint density at radius 3 is 1.94 bits per heavy atom. The first-order valence-electron chi connectivity index (χ1n) is 12.1. The molecule has 5 aromatic carbocycles. The van der Waals surface area contributed by atoms with E-state index in [-0.39, 0.29) is 0 Å². The fourth-order valence-corrected chi connectivity index (χ4v) is 5.59. The van der Waals surface area contributed by atoms with Gasteiger partial charge in [0.25, 0.3) is 0 Å². The van der Waals surface area contributed by atoms with Crippen LogP contribution in [0, 0.1) is 0 Å². The molecule has 36 heavy (non-hydrogen) atoms. The van der Waals surface area contributed by atoms with Gasteiger partial charge in [-0.1, -0.05) is 91.0 Å². The summed E-state index contributed by atoms with van der Waals surface area (Å²) in [5.41, 5.74) is 4.62. The molecule has 3 heteroatoms. The van der Waals surface area contributed by atoms with E-state index in [1.54, 1.807) is 0 Å². The molecule has 3 nitrogen and oxygen atoms in total. The molecular weight excluding hydrogens is 438 g/mol. The summed E-state index contributed by atoms with van der Waals surface area (Å²) in [5.74, 6) is 0. The van der Waals surface area contributed by atoms with E-state index in [1.807, 2.05) is 12.3 Å². The van der Waals surface area contributed by atoms with Gasteiger partial charge in [-0.2, -0.15) is 0 Å². The van der Waals surface area contributed by atoms with Crippen LogP contribution in [-0.2, 0) is 0 Å². The van der Waals surface area contributed by atoms with Gasteiger partial charge < -0.3 is 0 Å². The van der Waals surface area contributed by atoms with Gasteiger partial charge in [0.15, 0.2) is 5.65 Å². The van der Waals surface area contributed by atoms with Crippen LogP contribution >= 0.6 is 0 Å². The van der Waals surface area contributed by atoms with E-state index in [0.717, 1.165) is 54.9 Å². The minimum absolute atomic E-state index is 0.742. The highest BCUT2D eigenvalue weighted by atomic mass is 14.9. The summed E-state index contributed by atoms with van der Waals surface area (Å²) < 4.78 is 0. The van der Waals surface area contributed by atoms with Gasteiger partial charge >= 0.3 is 0 Å². The number of benzene rings is 5. The first-order chi connectivity index (χ1) is 17.8. The maximum atomic E-state index is 5.25. The van der Waals surface area contributed by atoms with E-state index < -0.39 is 0 Å². The maximum absolute atomic E-state index is 5.25. The van der Waals surface area contributed by atoms with Crippen molar-refractivity contribution in [2.45, 2.75) is 0 Å². The van der Waals surface area contributed by atoms with Crippen LogP contribution in [0.4, 0.5) is 0 Å². The molecule has 0 unspecified atom stereocenters. The van der Waals surface area contributed by atoms with Crippen molar-refractivity contribution in [3.05, 3.63) is 115 Å². The van der Waals surface area contributed by atoms with Crippen molar-refractivity contribution in [3.8, 4) is 11.3 Å². The molecular formula is C33H19N3. The molecule has 8 rings (SSSR count). The number of aromatic nitrogens is 3. The molecule has 0 aliphatic carbocycles. The van der Waals surface area contributed by atoms with E-state index in [4.69, 9.17) is 9.97 Å². The molecule has 0 amide bonds. The van der Waals surface area contributed by atoms with Gasteiger partial charge in [-0.3, -0.25) is 4.98 Å². The van der Waals surface area contributed by atoms with Crippen LogP contribution in [0.25, 0.3) is 76.4 Å². The number of pyridine rings is 3. The van der Waals surface area contributed by atoms with Crippen LogP contribution in [-0.4, -0.2) is 15.0 Å². The number of fused-ring (bicyclic) bond motifs is 9. The van der Waals surface area contributed by atoms with Crippen molar-refractivity contribution in [3.63, 3.8) is 0 Å². The lowest BCUT2D eigenvalue weighted by Gasteiger charge is -2.14. The Morgan fingerprint density at radius 1 is 0.417 bits per heavy atom. The third kappa shape index (κ3) is 2.71. The zero-order chi connectivity index (χ0) is 23.6. The number of hydrogen-bond acceptors (Lipinski definition) is 3. The maximum Gasteiger partial charge on any atom is 0.161 e. The van der Waals surface area contributed by atoms with Gasteiger partial charge in [0.05, 0.1) is 16.7 Å². The van der Waals surface area contributed by atoms with E-state index >= 15 is 0 Å². The van der Waals surface area contributed by atoms with Crippen molar-refractivity contribution >= 4 is 65.2 Å². The third-order valence-corrected chi connectivity index (χ3v) is 7.25. The summed E-state index contributed by atoms with van der Waals surface area (Å²) in [5, 5.41) is 10.4. The Balaban J connectivity index is 1.55. The fraction of sp³-hybridized carbons (Fsp3) is 0. The predicted molar refractivity (Wildman–Crippen MR) is 150 cm³/mol. The van der Waals surface area contributed by atoms with E-state index in [9.17, 15) is 0 Å². The van der Waals surface area contributed by atoms with Crippen LogP contribution < -0.4 is 0 Å². The van der Waals surface area contributed by atoms with Crippen molar-refractivity contribution in [1.29, 1.82) is 0 Å². The molecule has 0 saturated heterocycles. The Bertz CT molecular complexity index is 2160. The van der Waals surface area contributed by atoms with Crippen LogP contribution in [0.5, 0.6) is 0 Å². The zero-order valence-electron chi connectivity index (χ0n) is 19.3. The molecule has 0 atom stereocenters.